The monoisotopic (exact) mass is 534 g/mol. The van der Waals surface area contributed by atoms with Gasteiger partial charge in [0.15, 0.2) is 5.17 Å². The molecule has 1 amide bonds. The number of benzene rings is 2. The molecule has 0 bridgehead atoms. The highest BCUT2D eigenvalue weighted by Gasteiger charge is 2.38. The average Bonchev–Trinajstić information content (AvgIpc) is 3.49. The predicted molar refractivity (Wildman–Crippen MR) is 148 cm³/mol. The van der Waals surface area contributed by atoms with Gasteiger partial charge in [-0.2, -0.15) is 0 Å². The number of halogens is 1. The second-order valence-corrected chi connectivity index (χ2v) is 10.6. The molecule has 0 atom stereocenters. The number of amides is 1. The zero-order valence-corrected chi connectivity index (χ0v) is 22.0. The smallest absolute Gasteiger partial charge is 0.337 e. The first kappa shape index (κ1) is 25.4. The number of carbonyl (C=O) groups is 2. The highest BCUT2D eigenvalue weighted by atomic mass is 35.5. The molecule has 3 aromatic rings. The van der Waals surface area contributed by atoms with Gasteiger partial charge in [-0.3, -0.25) is 9.69 Å². The van der Waals surface area contributed by atoms with E-state index in [0.717, 1.165) is 37.8 Å². The molecule has 8 heteroatoms. The Kier molecular flexibility index (Phi) is 7.53. The summed E-state index contributed by atoms with van der Waals surface area (Å²) in [6.07, 6.45) is 8.06. The van der Waals surface area contributed by atoms with Crippen LogP contribution in [0.15, 0.2) is 68.9 Å². The lowest BCUT2D eigenvalue weighted by Crippen LogP contribution is -2.40. The van der Waals surface area contributed by atoms with Crippen molar-refractivity contribution in [2.75, 3.05) is 0 Å². The van der Waals surface area contributed by atoms with Crippen molar-refractivity contribution in [1.29, 1.82) is 0 Å². The summed E-state index contributed by atoms with van der Waals surface area (Å²) in [6, 6.07) is 16.5. The Labute approximate surface area is 225 Å². The molecule has 1 aromatic heterocycles. The fourth-order valence-electron chi connectivity index (χ4n) is 4.70. The van der Waals surface area contributed by atoms with E-state index in [4.69, 9.17) is 21.0 Å². The fourth-order valence-corrected chi connectivity index (χ4v) is 5.94. The Morgan fingerprint density at radius 3 is 2.59 bits per heavy atom. The molecule has 1 aliphatic carbocycles. The first-order valence-corrected chi connectivity index (χ1v) is 13.7. The molecule has 2 aromatic carbocycles. The van der Waals surface area contributed by atoms with Crippen LogP contribution >= 0.6 is 23.4 Å². The number of hydrogen-bond donors (Lipinski definition) is 1. The molecule has 1 N–H and O–H groups in total. The molecule has 2 fully saturated rings. The van der Waals surface area contributed by atoms with E-state index in [-0.39, 0.29) is 22.5 Å². The summed E-state index contributed by atoms with van der Waals surface area (Å²) < 4.78 is 5.98. The number of carbonyl (C=O) groups excluding carboxylic acids is 1. The van der Waals surface area contributed by atoms with Crippen LogP contribution in [-0.2, 0) is 11.2 Å². The van der Waals surface area contributed by atoms with E-state index in [1.165, 1.54) is 35.9 Å². The van der Waals surface area contributed by atoms with Crippen LogP contribution in [0.3, 0.4) is 0 Å². The van der Waals surface area contributed by atoms with Gasteiger partial charge < -0.3 is 9.52 Å². The van der Waals surface area contributed by atoms with Gasteiger partial charge in [0.1, 0.15) is 11.5 Å². The minimum absolute atomic E-state index is 0.00736. The number of thioether (sulfide) groups is 1. The van der Waals surface area contributed by atoms with Crippen LogP contribution in [0.2, 0.25) is 5.02 Å². The number of rotatable bonds is 6. The highest BCUT2D eigenvalue weighted by molar-refractivity contribution is 8.18. The number of amidine groups is 1. The minimum Gasteiger partial charge on any atom is -0.478 e. The van der Waals surface area contributed by atoms with Crippen molar-refractivity contribution >= 4 is 52.2 Å². The molecule has 2 heterocycles. The van der Waals surface area contributed by atoms with Gasteiger partial charge in [-0.25, -0.2) is 9.79 Å². The van der Waals surface area contributed by atoms with E-state index >= 15 is 0 Å². The maximum Gasteiger partial charge on any atom is 0.337 e. The van der Waals surface area contributed by atoms with Crippen molar-refractivity contribution in [1.82, 2.24) is 4.90 Å². The maximum absolute atomic E-state index is 13.6. The number of aromatic carboxylic acids is 1. The number of furan rings is 1. The molecule has 0 unspecified atom stereocenters. The van der Waals surface area contributed by atoms with E-state index in [1.807, 2.05) is 17.0 Å². The lowest BCUT2D eigenvalue weighted by molar-refractivity contribution is -0.124. The number of hydrogen-bond acceptors (Lipinski definition) is 5. The topological polar surface area (TPSA) is 83.1 Å². The summed E-state index contributed by atoms with van der Waals surface area (Å²) in [5, 5.41) is 10.2. The second kappa shape index (κ2) is 11.0. The van der Waals surface area contributed by atoms with Gasteiger partial charge >= 0.3 is 5.97 Å². The summed E-state index contributed by atoms with van der Waals surface area (Å²) >= 11 is 7.37. The van der Waals surface area contributed by atoms with Crippen LogP contribution in [-0.4, -0.2) is 33.1 Å². The Morgan fingerprint density at radius 1 is 1.14 bits per heavy atom. The summed E-state index contributed by atoms with van der Waals surface area (Å²) in [5.41, 5.74) is 2.67. The quantitative estimate of drug-likeness (QED) is 0.326. The van der Waals surface area contributed by atoms with Crippen LogP contribution in [0, 0.1) is 0 Å². The molecule has 5 rings (SSSR count). The van der Waals surface area contributed by atoms with Crippen molar-refractivity contribution in [3.63, 3.8) is 0 Å². The Hall–Kier alpha value is -3.29. The molecule has 190 valence electrons. The first-order chi connectivity index (χ1) is 17.9. The van der Waals surface area contributed by atoms with Gasteiger partial charge in [0.2, 0.25) is 0 Å². The lowest BCUT2D eigenvalue weighted by Gasteiger charge is -2.30. The van der Waals surface area contributed by atoms with Crippen LogP contribution in [0.4, 0.5) is 5.69 Å². The number of nitrogens with zero attached hydrogens (tertiary/aromatic N) is 2. The van der Waals surface area contributed by atoms with E-state index in [2.05, 4.69) is 19.1 Å². The van der Waals surface area contributed by atoms with E-state index in [0.29, 0.717) is 27.2 Å². The predicted octanol–water partition coefficient (Wildman–Crippen LogP) is 7.80. The van der Waals surface area contributed by atoms with Crippen molar-refractivity contribution in [2.45, 2.75) is 51.5 Å². The van der Waals surface area contributed by atoms with Crippen LogP contribution < -0.4 is 0 Å². The first-order valence-electron chi connectivity index (χ1n) is 12.5. The highest BCUT2D eigenvalue weighted by Crippen LogP contribution is 2.39. The fraction of sp³-hybridized carbons (Fsp3) is 0.276. The SMILES string of the molecule is CCc1ccc(N=C2S/C(=C/c3ccc(-c4ccc(Cl)c(C(=O)O)c4)o3)C(=O)N2C2CCCCC2)cc1. The largest absolute Gasteiger partial charge is 0.478 e. The average molecular weight is 535 g/mol. The molecule has 1 aliphatic heterocycles. The number of aliphatic imine (C=N–C) groups is 1. The standard InChI is InChI=1S/C29H27ClN2O4S/c1-2-18-8-11-20(12-9-18)31-29-32(21-6-4-3-5-7-21)27(33)26(37-29)17-22-13-15-25(36-22)19-10-14-24(30)23(16-19)28(34)35/h8-17,21H,2-7H2,1H3,(H,34,35)/b26-17+,31-29?. The molecular formula is C29H27ClN2O4S. The third-order valence-corrected chi connectivity index (χ3v) is 8.04. The molecule has 37 heavy (non-hydrogen) atoms. The van der Waals surface area contributed by atoms with E-state index < -0.39 is 5.97 Å². The normalized spacial score (nSPS) is 18.8. The van der Waals surface area contributed by atoms with Crippen molar-refractivity contribution < 1.29 is 19.1 Å². The number of aryl methyl sites for hydroxylation is 1. The molecule has 0 spiro atoms. The van der Waals surface area contributed by atoms with Gasteiger partial charge in [-0.05, 0) is 79.1 Å². The molecular weight excluding hydrogens is 508 g/mol. The summed E-state index contributed by atoms with van der Waals surface area (Å²) in [4.78, 5) is 32.3. The van der Waals surface area contributed by atoms with Gasteiger partial charge in [-0.1, -0.05) is 49.9 Å². The zero-order valence-electron chi connectivity index (χ0n) is 20.4. The molecule has 1 saturated heterocycles. The lowest BCUT2D eigenvalue weighted by atomic mass is 9.94. The number of carboxylic acids is 1. The van der Waals surface area contributed by atoms with E-state index in [1.54, 1.807) is 24.3 Å². The van der Waals surface area contributed by atoms with Gasteiger partial charge in [0.05, 0.1) is 21.2 Å². The van der Waals surface area contributed by atoms with Crippen LogP contribution in [0.25, 0.3) is 17.4 Å². The zero-order chi connectivity index (χ0) is 25.9. The molecule has 6 nitrogen and oxygen atoms in total. The van der Waals surface area contributed by atoms with Crippen LogP contribution in [0.5, 0.6) is 0 Å². The maximum atomic E-state index is 13.6. The van der Waals surface area contributed by atoms with Crippen molar-refractivity contribution in [3.8, 4) is 11.3 Å². The van der Waals surface area contributed by atoms with Crippen molar-refractivity contribution in [3.05, 3.63) is 81.4 Å². The Balaban J connectivity index is 1.45. The van der Waals surface area contributed by atoms with Crippen molar-refractivity contribution in [2.24, 2.45) is 4.99 Å². The van der Waals surface area contributed by atoms with Gasteiger partial charge in [-0.15, -0.1) is 0 Å². The van der Waals surface area contributed by atoms with E-state index in [9.17, 15) is 14.7 Å². The Morgan fingerprint density at radius 2 is 1.89 bits per heavy atom. The molecule has 2 aliphatic rings. The molecule has 1 saturated carbocycles. The molecule has 0 radical (unpaired) electrons. The Bertz CT molecular complexity index is 1390. The minimum atomic E-state index is -1.10. The second-order valence-electron chi connectivity index (χ2n) is 9.19. The third-order valence-electron chi connectivity index (χ3n) is 6.73. The number of carboxylic acid groups (broad SMARTS) is 1. The third kappa shape index (κ3) is 5.53. The van der Waals surface area contributed by atoms with Gasteiger partial charge in [0, 0.05) is 17.7 Å². The van der Waals surface area contributed by atoms with Gasteiger partial charge in [0.25, 0.3) is 5.91 Å². The van der Waals surface area contributed by atoms with Crippen LogP contribution in [0.1, 0.15) is 60.7 Å². The summed E-state index contributed by atoms with van der Waals surface area (Å²) in [5.74, 6) is -0.156. The summed E-state index contributed by atoms with van der Waals surface area (Å²) in [6.45, 7) is 2.12. The summed E-state index contributed by atoms with van der Waals surface area (Å²) in [7, 11) is 0.